The number of rotatable bonds is 5. The van der Waals surface area contributed by atoms with Gasteiger partial charge in [0.15, 0.2) is 5.65 Å². The van der Waals surface area contributed by atoms with Gasteiger partial charge in [-0.1, -0.05) is 6.07 Å². The first-order valence-electron chi connectivity index (χ1n) is 6.68. The summed E-state index contributed by atoms with van der Waals surface area (Å²) in [5.41, 5.74) is 8.79. The molecule has 2 aromatic heterocycles. The van der Waals surface area contributed by atoms with Crippen molar-refractivity contribution in [2.75, 3.05) is 23.8 Å². The normalized spacial score (nSPS) is 10.9. The Hall–Kier alpha value is -2.67. The number of nitrogens with zero attached hydrogens (tertiary/aromatic N) is 4. The summed E-state index contributed by atoms with van der Waals surface area (Å²) in [4.78, 5) is 17.8. The van der Waals surface area contributed by atoms with E-state index in [2.05, 4.69) is 19.9 Å². The van der Waals surface area contributed by atoms with Gasteiger partial charge in [-0.15, -0.1) is 0 Å². The highest BCUT2D eigenvalue weighted by Gasteiger charge is 2.13. The molecule has 4 N–H and O–H groups in total. The van der Waals surface area contributed by atoms with Crippen molar-refractivity contribution >= 4 is 28.5 Å². The number of nitrogens with one attached hydrogen (secondary N) is 1. The van der Waals surface area contributed by atoms with Crippen LogP contribution >= 0.6 is 0 Å². The molecule has 0 amide bonds. The Balaban J connectivity index is 2.01. The molecule has 108 valence electrons. The fourth-order valence-corrected chi connectivity index (χ4v) is 2.12. The van der Waals surface area contributed by atoms with Crippen molar-refractivity contribution in [1.82, 2.24) is 19.9 Å². The van der Waals surface area contributed by atoms with E-state index in [1.807, 2.05) is 29.2 Å². The number of nitrogen functional groups attached to an aromatic ring is 1. The molecule has 0 fully saturated rings. The molecule has 0 unspecified atom stereocenters. The zero-order valence-corrected chi connectivity index (χ0v) is 11.4. The van der Waals surface area contributed by atoms with Gasteiger partial charge in [-0.25, -0.2) is 9.97 Å². The van der Waals surface area contributed by atoms with Crippen molar-refractivity contribution in [2.24, 2.45) is 0 Å². The maximum atomic E-state index is 9.09. The molecule has 0 bridgehead atoms. The highest BCUT2D eigenvalue weighted by Crippen LogP contribution is 2.24. The molecule has 0 aliphatic carbocycles. The van der Waals surface area contributed by atoms with E-state index < -0.39 is 0 Å². The lowest BCUT2D eigenvalue weighted by atomic mass is 10.2. The van der Waals surface area contributed by atoms with E-state index in [1.165, 1.54) is 0 Å². The summed E-state index contributed by atoms with van der Waals surface area (Å²) in [5, 5.41) is 9.09. The maximum Gasteiger partial charge on any atom is 0.232 e. The third-order valence-electron chi connectivity index (χ3n) is 3.13. The molecule has 0 aliphatic heterocycles. The second-order valence-electron chi connectivity index (χ2n) is 4.63. The van der Waals surface area contributed by atoms with Gasteiger partial charge in [0, 0.05) is 24.5 Å². The number of benzene rings is 1. The Morgan fingerprint density at radius 2 is 2.19 bits per heavy atom. The van der Waals surface area contributed by atoms with Gasteiger partial charge in [0.25, 0.3) is 0 Å². The number of aliphatic hydroxyl groups excluding tert-OH is 1. The summed E-state index contributed by atoms with van der Waals surface area (Å²) in [5.74, 6) is 0.536. The van der Waals surface area contributed by atoms with Crippen molar-refractivity contribution in [2.45, 2.75) is 6.42 Å². The third kappa shape index (κ3) is 2.77. The number of imidazole rings is 1. The molecule has 7 nitrogen and oxygen atoms in total. The van der Waals surface area contributed by atoms with E-state index in [0.29, 0.717) is 30.2 Å². The van der Waals surface area contributed by atoms with Crippen molar-refractivity contribution in [3.8, 4) is 0 Å². The number of fused-ring (bicyclic) bond motifs is 1. The second-order valence-corrected chi connectivity index (χ2v) is 4.63. The Bertz CT molecular complexity index is 741. The molecule has 0 aliphatic rings. The van der Waals surface area contributed by atoms with Gasteiger partial charge in [0.05, 0.1) is 12.5 Å². The second kappa shape index (κ2) is 5.76. The van der Waals surface area contributed by atoms with Crippen LogP contribution in [0.15, 0.2) is 36.8 Å². The van der Waals surface area contributed by atoms with E-state index in [9.17, 15) is 0 Å². The molecule has 1 aromatic carbocycles. The molecule has 0 radical (unpaired) electrons. The highest BCUT2D eigenvalue weighted by atomic mass is 16.3. The van der Waals surface area contributed by atoms with Crippen molar-refractivity contribution in [1.29, 1.82) is 0 Å². The van der Waals surface area contributed by atoms with Crippen LogP contribution < -0.4 is 10.6 Å². The van der Waals surface area contributed by atoms with E-state index in [4.69, 9.17) is 10.8 Å². The van der Waals surface area contributed by atoms with E-state index in [1.54, 1.807) is 12.5 Å². The van der Waals surface area contributed by atoms with Crippen molar-refractivity contribution in [3.05, 3.63) is 36.8 Å². The molecule has 0 saturated heterocycles. The first-order valence-corrected chi connectivity index (χ1v) is 6.68. The monoisotopic (exact) mass is 284 g/mol. The van der Waals surface area contributed by atoms with Crippen LogP contribution in [0.3, 0.4) is 0 Å². The van der Waals surface area contributed by atoms with Gasteiger partial charge in [0.1, 0.15) is 5.52 Å². The van der Waals surface area contributed by atoms with Crippen molar-refractivity contribution < 1.29 is 5.11 Å². The summed E-state index contributed by atoms with van der Waals surface area (Å²) in [6, 6.07) is 7.50. The van der Waals surface area contributed by atoms with E-state index in [-0.39, 0.29) is 6.61 Å². The molecule has 0 spiro atoms. The highest BCUT2D eigenvalue weighted by molar-refractivity contribution is 5.72. The maximum absolute atomic E-state index is 9.09. The largest absolute Gasteiger partial charge is 0.399 e. The van der Waals surface area contributed by atoms with Gasteiger partial charge in [-0.3, -0.25) is 0 Å². The van der Waals surface area contributed by atoms with Crippen LogP contribution in [0.1, 0.15) is 6.42 Å². The van der Waals surface area contributed by atoms with Crippen LogP contribution in [0.25, 0.3) is 11.2 Å². The number of anilines is 3. The van der Waals surface area contributed by atoms with Crippen LogP contribution in [0, 0.1) is 0 Å². The van der Waals surface area contributed by atoms with E-state index in [0.717, 1.165) is 11.2 Å². The minimum atomic E-state index is 0.101. The standard InChI is InChI=1S/C14H16N6O/c15-10-3-1-4-11(7-10)20(5-2-6-21)14-16-8-12-13(19-14)18-9-17-12/h1,3-4,7-9,21H,2,5-6,15H2,(H,16,17,18,19). The van der Waals surface area contributed by atoms with Gasteiger partial charge in [-0.2, -0.15) is 4.98 Å². The first-order chi connectivity index (χ1) is 10.3. The Labute approximate surface area is 121 Å². The predicted octanol–water partition coefficient (Wildman–Crippen LogP) is 1.46. The fraction of sp³-hybridized carbons (Fsp3) is 0.214. The lowest BCUT2D eigenvalue weighted by molar-refractivity contribution is 0.290. The van der Waals surface area contributed by atoms with Gasteiger partial charge in [0.2, 0.25) is 5.95 Å². The molecular formula is C14H16N6O. The number of hydrogen-bond donors (Lipinski definition) is 3. The van der Waals surface area contributed by atoms with Gasteiger partial charge in [-0.05, 0) is 24.6 Å². The molecule has 0 saturated carbocycles. The number of aromatic nitrogens is 4. The number of aliphatic hydroxyl groups is 1. The zero-order valence-electron chi connectivity index (χ0n) is 11.4. The zero-order chi connectivity index (χ0) is 14.7. The first kappa shape index (κ1) is 13.3. The van der Waals surface area contributed by atoms with Crippen LogP contribution in [0.2, 0.25) is 0 Å². The Morgan fingerprint density at radius 1 is 1.29 bits per heavy atom. The summed E-state index contributed by atoms with van der Waals surface area (Å²) >= 11 is 0. The third-order valence-corrected chi connectivity index (χ3v) is 3.13. The number of aromatic amines is 1. The minimum Gasteiger partial charge on any atom is -0.399 e. The molecule has 3 aromatic rings. The average Bonchev–Trinajstić information content (AvgIpc) is 2.95. The lowest BCUT2D eigenvalue weighted by Crippen LogP contribution is -2.21. The molecular weight excluding hydrogens is 268 g/mol. The summed E-state index contributed by atoms with van der Waals surface area (Å²) in [6.07, 6.45) is 3.89. The number of nitrogens with two attached hydrogens (primary N) is 1. The molecule has 7 heteroatoms. The number of H-pyrrole nitrogens is 1. The topological polar surface area (TPSA) is 104 Å². The van der Waals surface area contributed by atoms with Gasteiger partial charge >= 0.3 is 0 Å². The SMILES string of the molecule is Nc1cccc(N(CCCO)c2ncc3[nH]cnc3n2)c1. The summed E-state index contributed by atoms with van der Waals surface area (Å²) in [7, 11) is 0. The summed E-state index contributed by atoms with van der Waals surface area (Å²) in [6.45, 7) is 0.694. The smallest absolute Gasteiger partial charge is 0.232 e. The van der Waals surface area contributed by atoms with E-state index >= 15 is 0 Å². The van der Waals surface area contributed by atoms with Crippen LogP contribution in [-0.2, 0) is 0 Å². The molecule has 0 atom stereocenters. The minimum absolute atomic E-state index is 0.101. The Kier molecular flexibility index (Phi) is 3.65. The van der Waals surface area contributed by atoms with Crippen molar-refractivity contribution in [3.63, 3.8) is 0 Å². The van der Waals surface area contributed by atoms with Crippen LogP contribution in [-0.4, -0.2) is 38.2 Å². The van der Waals surface area contributed by atoms with Crippen LogP contribution in [0.4, 0.5) is 17.3 Å². The molecule has 2 heterocycles. The average molecular weight is 284 g/mol. The Morgan fingerprint density at radius 3 is 3.00 bits per heavy atom. The fourth-order valence-electron chi connectivity index (χ4n) is 2.12. The quantitative estimate of drug-likeness (QED) is 0.613. The molecule has 21 heavy (non-hydrogen) atoms. The summed E-state index contributed by atoms with van der Waals surface area (Å²) < 4.78 is 0. The predicted molar refractivity (Wildman–Crippen MR) is 81.2 cm³/mol. The van der Waals surface area contributed by atoms with Crippen LogP contribution in [0.5, 0.6) is 0 Å². The number of hydrogen-bond acceptors (Lipinski definition) is 6. The molecule has 3 rings (SSSR count). The van der Waals surface area contributed by atoms with Gasteiger partial charge < -0.3 is 20.7 Å². The lowest BCUT2D eigenvalue weighted by Gasteiger charge is -2.22.